The first-order valence-electron chi connectivity index (χ1n) is 7.60. The number of aromatic nitrogens is 3. The van der Waals surface area contributed by atoms with Crippen LogP contribution in [0.15, 0.2) is 23.0 Å². The summed E-state index contributed by atoms with van der Waals surface area (Å²) in [6.07, 6.45) is 2.95. The molecule has 2 amide bonds. The molecule has 0 radical (unpaired) electrons. The molecule has 0 saturated carbocycles. The number of piperazine rings is 1. The van der Waals surface area contributed by atoms with Crippen molar-refractivity contribution >= 4 is 23.6 Å². The molecule has 2 aromatic heterocycles. The highest BCUT2D eigenvalue weighted by molar-refractivity contribution is 5.94. The fraction of sp³-hybridized carbons (Fsp3) is 0.400. The summed E-state index contributed by atoms with van der Waals surface area (Å²) in [5.74, 6) is 1.41. The lowest BCUT2D eigenvalue weighted by Crippen LogP contribution is -2.50. The minimum atomic E-state index is -0.137. The molecule has 0 bridgehead atoms. The lowest BCUT2D eigenvalue weighted by Gasteiger charge is -2.34. The number of carbonyl (C=O) groups excluding carboxylic acids is 2. The van der Waals surface area contributed by atoms with Crippen LogP contribution in [0.4, 0.5) is 11.8 Å². The number of amides is 2. The summed E-state index contributed by atoms with van der Waals surface area (Å²) in [6, 6.07) is 1.72. The minimum Gasteiger partial charge on any atom is -0.360 e. The van der Waals surface area contributed by atoms with E-state index in [1.165, 1.54) is 19.3 Å². The maximum Gasteiger partial charge on any atom is 0.257 e. The van der Waals surface area contributed by atoms with Gasteiger partial charge in [-0.25, -0.2) is 9.97 Å². The predicted octanol–water partition coefficient (Wildman–Crippen LogP) is 0.821. The van der Waals surface area contributed by atoms with Crippen LogP contribution in [0.5, 0.6) is 0 Å². The molecule has 0 unspecified atom stereocenters. The summed E-state index contributed by atoms with van der Waals surface area (Å²) in [7, 11) is 0. The zero-order valence-corrected chi connectivity index (χ0v) is 13.5. The predicted molar refractivity (Wildman–Crippen MR) is 84.7 cm³/mol. The number of hydrogen-bond donors (Lipinski definition) is 1. The second-order valence-corrected chi connectivity index (χ2v) is 5.54. The van der Waals surface area contributed by atoms with Crippen LogP contribution >= 0.6 is 0 Å². The van der Waals surface area contributed by atoms with Crippen molar-refractivity contribution in [2.24, 2.45) is 0 Å². The lowest BCUT2D eigenvalue weighted by atomic mass is 10.2. The molecule has 9 nitrogen and oxygen atoms in total. The van der Waals surface area contributed by atoms with Crippen molar-refractivity contribution in [3.8, 4) is 0 Å². The molecular weight excluding hydrogens is 312 g/mol. The van der Waals surface area contributed by atoms with Gasteiger partial charge in [0.15, 0.2) is 5.82 Å². The van der Waals surface area contributed by atoms with Crippen molar-refractivity contribution in [1.29, 1.82) is 0 Å². The Bertz CT molecular complexity index is 734. The molecule has 1 N–H and O–H groups in total. The van der Waals surface area contributed by atoms with Crippen LogP contribution in [0, 0.1) is 6.92 Å². The largest absolute Gasteiger partial charge is 0.360 e. The van der Waals surface area contributed by atoms with Crippen molar-refractivity contribution in [3.05, 3.63) is 29.8 Å². The van der Waals surface area contributed by atoms with E-state index in [-0.39, 0.29) is 11.8 Å². The normalized spacial score (nSPS) is 14.6. The van der Waals surface area contributed by atoms with Crippen molar-refractivity contribution in [3.63, 3.8) is 0 Å². The maximum atomic E-state index is 12.4. The van der Waals surface area contributed by atoms with Crippen LogP contribution < -0.4 is 5.32 Å². The Hall–Kier alpha value is -2.97. The van der Waals surface area contributed by atoms with E-state index in [0.717, 1.165) is 0 Å². The highest BCUT2D eigenvalue weighted by atomic mass is 16.5. The van der Waals surface area contributed by atoms with E-state index in [4.69, 9.17) is 4.52 Å². The zero-order chi connectivity index (χ0) is 17.1. The van der Waals surface area contributed by atoms with Gasteiger partial charge in [0.2, 0.25) is 11.9 Å². The molecular formula is C15H18N6O3. The van der Waals surface area contributed by atoms with Gasteiger partial charge >= 0.3 is 0 Å². The Morgan fingerprint density at radius 2 is 1.75 bits per heavy atom. The Kier molecular flexibility index (Phi) is 4.41. The van der Waals surface area contributed by atoms with Crippen LogP contribution in [0.25, 0.3) is 0 Å². The summed E-state index contributed by atoms with van der Waals surface area (Å²) in [5, 5.41) is 6.68. The molecule has 24 heavy (non-hydrogen) atoms. The summed E-state index contributed by atoms with van der Waals surface area (Å²) in [6.45, 7) is 5.44. The molecule has 1 fully saturated rings. The number of carbonyl (C=O) groups is 2. The van der Waals surface area contributed by atoms with E-state index in [9.17, 15) is 9.59 Å². The molecule has 0 aliphatic carbocycles. The van der Waals surface area contributed by atoms with Crippen molar-refractivity contribution in [2.45, 2.75) is 13.8 Å². The Balaban J connectivity index is 1.61. The molecule has 9 heteroatoms. The summed E-state index contributed by atoms with van der Waals surface area (Å²) < 4.78 is 4.95. The topological polar surface area (TPSA) is 104 Å². The lowest BCUT2D eigenvalue weighted by molar-refractivity contribution is -0.130. The third-order valence-corrected chi connectivity index (χ3v) is 3.78. The van der Waals surface area contributed by atoms with Gasteiger partial charge in [-0.05, 0) is 6.92 Å². The zero-order valence-electron chi connectivity index (χ0n) is 13.5. The van der Waals surface area contributed by atoms with Crippen molar-refractivity contribution in [2.75, 3.05) is 31.5 Å². The molecule has 1 saturated heterocycles. The van der Waals surface area contributed by atoms with Gasteiger partial charge in [0.25, 0.3) is 5.91 Å². The molecule has 3 heterocycles. The van der Waals surface area contributed by atoms with Crippen LogP contribution in [0.3, 0.4) is 0 Å². The van der Waals surface area contributed by atoms with E-state index in [0.29, 0.717) is 49.3 Å². The van der Waals surface area contributed by atoms with Crippen molar-refractivity contribution in [1.82, 2.24) is 24.9 Å². The number of anilines is 2. The standard InChI is InChI=1S/C15H18N6O3/c1-10-7-13(19-24-10)18-15-16-8-12(9-17-15)14(23)21-5-3-20(4-6-21)11(2)22/h7-9H,3-6H2,1-2H3,(H,16,17,18,19). The second-order valence-electron chi connectivity index (χ2n) is 5.54. The molecule has 0 aromatic carbocycles. The molecule has 0 spiro atoms. The van der Waals surface area contributed by atoms with Gasteiger partial charge < -0.3 is 19.6 Å². The maximum absolute atomic E-state index is 12.4. The molecule has 0 atom stereocenters. The van der Waals surface area contributed by atoms with Gasteiger partial charge in [-0.15, -0.1) is 0 Å². The number of nitrogens with zero attached hydrogens (tertiary/aromatic N) is 5. The van der Waals surface area contributed by atoms with Crippen LogP contribution in [-0.4, -0.2) is 62.9 Å². The SMILES string of the molecule is CC(=O)N1CCN(C(=O)c2cnc(Nc3cc(C)on3)nc2)CC1. The molecule has 3 rings (SSSR count). The Morgan fingerprint density at radius 3 is 2.29 bits per heavy atom. The number of nitrogens with one attached hydrogen (secondary N) is 1. The first kappa shape index (κ1) is 15.9. The third-order valence-electron chi connectivity index (χ3n) is 3.78. The summed E-state index contributed by atoms with van der Waals surface area (Å²) in [4.78, 5) is 35.4. The van der Waals surface area contributed by atoms with Gasteiger partial charge in [-0.2, -0.15) is 0 Å². The highest BCUT2D eigenvalue weighted by Gasteiger charge is 2.23. The van der Waals surface area contributed by atoms with Crippen molar-refractivity contribution < 1.29 is 14.1 Å². The first-order chi connectivity index (χ1) is 11.5. The second kappa shape index (κ2) is 6.65. The van der Waals surface area contributed by atoms with E-state index < -0.39 is 0 Å². The first-order valence-corrected chi connectivity index (χ1v) is 7.60. The average molecular weight is 330 g/mol. The van der Waals surface area contributed by atoms with Crippen LogP contribution in [-0.2, 0) is 4.79 Å². The van der Waals surface area contributed by atoms with E-state index in [1.807, 2.05) is 0 Å². The van der Waals surface area contributed by atoms with Crippen LogP contribution in [0.2, 0.25) is 0 Å². The molecule has 1 aliphatic heterocycles. The van der Waals surface area contributed by atoms with Gasteiger partial charge in [0, 0.05) is 51.6 Å². The Labute approximate surface area is 138 Å². The molecule has 126 valence electrons. The van der Waals surface area contributed by atoms with E-state index >= 15 is 0 Å². The summed E-state index contributed by atoms with van der Waals surface area (Å²) >= 11 is 0. The van der Waals surface area contributed by atoms with E-state index in [2.05, 4.69) is 20.4 Å². The Morgan fingerprint density at radius 1 is 1.12 bits per heavy atom. The van der Waals surface area contributed by atoms with Gasteiger partial charge in [-0.1, -0.05) is 5.16 Å². The molecule has 2 aromatic rings. The van der Waals surface area contributed by atoms with Gasteiger partial charge in [0.1, 0.15) is 5.76 Å². The van der Waals surface area contributed by atoms with Gasteiger partial charge in [0.05, 0.1) is 5.56 Å². The quantitative estimate of drug-likeness (QED) is 0.888. The molecule has 1 aliphatic rings. The van der Waals surface area contributed by atoms with Gasteiger partial charge in [-0.3, -0.25) is 9.59 Å². The monoisotopic (exact) mass is 330 g/mol. The number of rotatable bonds is 3. The minimum absolute atomic E-state index is 0.0314. The fourth-order valence-electron chi connectivity index (χ4n) is 2.45. The number of hydrogen-bond acceptors (Lipinski definition) is 7. The third kappa shape index (κ3) is 3.50. The smallest absolute Gasteiger partial charge is 0.257 e. The fourth-order valence-corrected chi connectivity index (χ4v) is 2.45. The highest BCUT2D eigenvalue weighted by Crippen LogP contribution is 2.13. The average Bonchev–Trinajstić information content (AvgIpc) is 3.00. The van der Waals surface area contributed by atoms with E-state index in [1.54, 1.807) is 22.8 Å². The number of aryl methyl sites for hydroxylation is 1. The van der Waals surface area contributed by atoms with Crippen LogP contribution in [0.1, 0.15) is 23.0 Å². The summed E-state index contributed by atoms with van der Waals surface area (Å²) in [5.41, 5.74) is 0.410.